The monoisotopic (exact) mass is 303 g/mol. The Kier molecular flexibility index (Phi) is 6.83. The molecule has 1 N–H and O–H groups in total. The maximum atomic E-state index is 4.32. The molecule has 1 aromatic heterocycles. The molecule has 0 aliphatic carbocycles. The summed E-state index contributed by atoms with van der Waals surface area (Å²) in [6.07, 6.45) is 5.43. The van der Waals surface area contributed by atoms with Gasteiger partial charge in [-0.1, -0.05) is 31.2 Å². The Morgan fingerprint density at radius 3 is 2.52 bits per heavy atom. The Bertz CT molecular complexity index is 536. The minimum atomic E-state index is 0.997. The van der Waals surface area contributed by atoms with Gasteiger partial charge < -0.3 is 5.32 Å². The zero-order chi connectivity index (χ0) is 14.9. The smallest absolute Gasteiger partial charge is 0.117 e. The third-order valence-electron chi connectivity index (χ3n) is 3.55. The van der Waals surface area contributed by atoms with Gasteiger partial charge in [-0.2, -0.15) is 0 Å². The van der Waals surface area contributed by atoms with E-state index in [0.29, 0.717) is 0 Å². The van der Waals surface area contributed by atoms with E-state index in [4.69, 9.17) is 0 Å². The van der Waals surface area contributed by atoms with Crippen molar-refractivity contribution < 1.29 is 0 Å². The Morgan fingerprint density at radius 1 is 1.00 bits per heavy atom. The van der Waals surface area contributed by atoms with E-state index in [-0.39, 0.29) is 0 Å². The molecular formula is C17H25N3S. The Morgan fingerprint density at radius 2 is 1.76 bits per heavy atom. The molecule has 1 aromatic carbocycles. The van der Waals surface area contributed by atoms with Crippen LogP contribution in [0.3, 0.4) is 0 Å². The maximum Gasteiger partial charge on any atom is 0.117 e. The summed E-state index contributed by atoms with van der Waals surface area (Å²) in [7, 11) is 0. The van der Waals surface area contributed by atoms with Gasteiger partial charge in [0, 0.05) is 12.8 Å². The third-order valence-corrected chi connectivity index (χ3v) is 4.59. The average Bonchev–Trinajstić information content (AvgIpc) is 2.94. The minimum Gasteiger partial charge on any atom is -0.317 e. The Hall–Kier alpha value is -1.26. The highest BCUT2D eigenvalue weighted by Gasteiger charge is 2.05. The molecule has 0 spiro atoms. The maximum absolute atomic E-state index is 4.32. The molecule has 2 aromatic rings. The molecule has 0 atom stereocenters. The van der Waals surface area contributed by atoms with Crippen LogP contribution >= 0.6 is 11.3 Å². The van der Waals surface area contributed by atoms with E-state index in [1.807, 2.05) is 0 Å². The third kappa shape index (κ3) is 5.56. The number of nitrogens with one attached hydrogen (secondary N) is 1. The van der Waals surface area contributed by atoms with Crippen molar-refractivity contribution in [3.8, 4) is 0 Å². The van der Waals surface area contributed by atoms with E-state index in [1.54, 1.807) is 11.3 Å². The first-order chi connectivity index (χ1) is 10.3. The number of hydrogen-bond acceptors (Lipinski definition) is 4. The molecule has 1 heterocycles. The van der Waals surface area contributed by atoms with Gasteiger partial charge in [-0.25, -0.2) is 0 Å². The van der Waals surface area contributed by atoms with Gasteiger partial charge >= 0.3 is 0 Å². The number of aryl methyl sites for hydroxylation is 4. The predicted molar refractivity (Wildman–Crippen MR) is 90.0 cm³/mol. The molecule has 0 aliphatic rings. The van der Waals surface area contributed by atoms with Gasteiger partial charge in [0.15, 0.2) is 0 Å². The van der Waals surface area contributed by atoms with Crippen LogP contribution in [-0.4, -0.2) is 23.3 Å². The van der Waals surface area contributed by atoms with E-state index >= 15 is 0 Å². The van der Waals surface area contributed by atoms with Crippen molar-refractivity contribution in [2.24, 2.45) is 0 Å². The lowest BCUT2D eigenvalue weighted by Gasteiger charge is -2.02. The normalized spacial score (nSPS) is 11.0. The summed E-state index contributed by atoms with van der Waals surface area (Å²) in [4.78, 5) is 0. The molecule has 3 nitrogen and oxygen atoms in total. The predicted octanol–water partition coefficient (Wildman–Crippen LogP) is 3.56. The summed E-state index contributed by atoms with van der Waals surface area (Å²) in [5, 5.41) is 14.4. The molecule has 0 saturated carbocycles. The van der Waals surface area contributed by atoms with Crippen molar-refractivity contribution in [3.05, 3.63) is 45.4 Å². The van der Waals surface area contributed by atoms with Gasteiger partial charge in [0.25, 0.3) is 0 Å². The Balaban J connectivity index is 1.74. The molecule has 0 saturated heterocycles. The second kappa shape index (κ2) is 8.90. The van der Waals surface area contributed by atoms with Gasteiger partial charge in [-0.15, -0.1) is 21.5 Å². The van der Waals surface area contributed by atoms with Crippen LogP contribution < -0.4 is 5.32 Å². The number of hydrogen-bond donors (Lipinski definition) is 1. The molecule has 21 heavy (non-hydrogen) atoms. The van der Waals surface area contributed by atoms with Crippen LogP contribution in [0.15, 0.2) is 24.3 Å². The Labute approximate surface area is 131 Å². The molecule has 0 aliphatic heterocycles. The van der Waals surface area contributed by atoms with E-state index in [2.05, 4.69) is 53.6 Å². The van der Waals surface area contributed by atoms with Gasteiger partial charge in [0.1, 0.15) is 10.0 Å². The van der Waals surface area contributed by atoms with Crippen molar-refractivity contribution in [2.75, 3.05) is 13.1 Å². The molecular weight excluding hydrogens is 278 g/mol. The molecule has 0 fully saturated rings. The van der Waals surface area contributed by atoms with E-state index in [9.17, 15) is 0 Å². The largest absolute Gasteiger partial charge is 0.317 e. The minimum absolute atomic E-state index is 0.997. The highest BCUT2D eigenvalue weighted by Crippen LogP contribution is 2.15. The van der Waals surface area contributed by atoms with E-state index in [0.717, 1.165) is 43.8 Å². The average molecular weight is 303 g/mol. The highest BCUT2D eigenvalue weighted by molar-refractivity contribution is 7.11. The SMILES string of the molecule is CCCNCCCc1nnc(CCc2ccccc2C)s1. The van der Waals surface area contributed by atoms with Gasteiger partial charge in [0.05, 0.1) is 0 Å². The van der Waals surface area contributed by atoms with Crippen LogP contribution in [0.25, 0.3) is 0 Å². The summed E-state index contributed by atoms with van der Waals surface area (Å²) in [6.45, 7) is 6.55. The highest BCUT2D eigenvalue weighted by atomic mass is 32.1. The molecule has 0 unspecified atom stereocenters. The van der Waals surface area contributed by atoms with E-state index in [1.165, 1.54) is 22.6 Å². The van der Waals surface area contributed by atoms with Crippen molar-refractivity contribution >= 4 is 11.3 Å². The standard InChI is InChI=1S/C17H25N3S/c1-3-12-18-13-6-9-16-19-20-17(21-16)11-10-15-8-5-4-7-14(15)2/h4-5,7-8,18H,3,6,9-13H2,1-2H3. The summed E-state index contributed by atoms with van der Waals surface area (Å²) in [6, 6.07) is 8.58. The summed E-state index contributed by atoms with van der Waals surface area (Å²) in [5.74, 6) is 0. The van der Waals surface area contributed by atoms with Crippen LogP contribution in [0.5, 0.6) is 0 Å². The first-order valence-electron chi connectivity index (χ1n) is 7.86. The zero-order valence-electron chi connectivity index (χ0n) is 13.1. The fourth-order valence-electron chi connectivity index (χ4n) is 2.29. The van der Waals surface area contributed by atoms with E-state index < -0.39 is 0 Å². The first kappa shape index (κ1) is 16.1. The van der Waals surface area contributed by atoms with Gasteiger partial charge in [0.2, 0.25) is 0 Å². The quantitative estimate of drug-likeness (QED) is 0.720. The van der Waals surface area contributed by atoms with Crippen LogP contribution in [0.1, 0.15) is 40.9 Å². The fourth-order valence-corrected chi connectivity index (χ4v) is 3.17. The summed E-state index contributed by atoms with van der Waals surface area (Å²) in [5.41, 5.74) is 2.78. The number of aromatic nitrogens is 2. The molecule has 4 heteroatoms. The fraction of sp³-hybridized carbons (Fsp3) is 0.529. The lowest BCUT2D eigenvalue weighted by atomic mass is 10.0. The lowest BCUT2D eigenvalue weighted by molar-refractivity contribution is 0.637. The second-order valence-electron chi connectivity index (χ2n) is 5.37. The molecule has 2 rings (SSSR count). The molecule has 114 valence electrons. The van der Waals surface area contributed by atoms with Crippen molar-refractivity contribution in [3.63, 3.8) is 0 Å². The van der Waals surface area contributed by atoms with Crippen LogP contribution in [0.4, 0.5) is 0 Å². The zero-order valence-corrected chi connectivity index (χ0v) is 13.9. The lowest BCUT2D eigenvalue weighted by Crippen LogP contribution is -2.16. The number of rotatable bonds is 9. The number of nitrogens with zero attached hydrogens (tertiary/aromatic N) is 2. The van der Waals surface area contributed by atoms with Crippen molar-refractivity contribution in [2.45, 2.75) is 46.0 Å². The first-order valence-corrected chi connectivity index (χ1v) is 8.67. The molecule has 0 bridgehead atoms. The van der Waals surface area contributed by atoms with Crippen molar-refractivity contribution in [1.29, 1.82) is 0 Å². The number of benzene rings is 1. The van der Waals surface area contributed by atoms with Crippen molar-refractivity contribution in [1.82, 2.24) is 15.5 Å². The summed E-state index contributed by atoms with van der Waals surface area (Å²) >= 11 is 1.77. The van der Waals surface area contributed by atoms with Crippen LogP contribution in [-0.2, 0) is 19.3 Å². The topological polar surface area (TPSA) is 37.8 Å². The van der Waals surface area contributed by atoms with Crippen LogP contribution in [0, 0.1) is 6.92 Å². The van der Waals surface area contributed by atoms with Gasteiger partial charge in [-0.3, -0.25) is 0 Å². The van der Waals surface area contributed by atoms with Crippen LogP contribution in [0.2, 0.25) is 0 Å². The molecule has 0 amide bonds. The molecule has 0 radical (unpaired) electrons. The van der Waals surface area contributed by atoms with Gasteiger partial charge in [-0.05, 0) is 50.4 Å². The second-order valence-corrected chi connectivity index (χ2v) is 6.52. The summed E-state index contributed by atoms with van der Waals surface area (Å²) < 4.78 is 0.